The summed E-state index contributed by atoms with van der Waals surface area (Å²) in [7, 11) is 0. The first-order chi connectivity index (χ1) is 10.3. The largest absolute Gasteiger partial charge is 0.444 e. The van der Waals surface area contributed by atoms with Gasteiger partial charge in [-0.2, -0.15) is 0 Å². The van der Waals surface area contributed by atoms with Crippen LogP contribution in [0.3, 0.4) is 0 Å². The quantitative estimate of drug-likeness (QED) is 0.724. The number of hydrogen-bond donors (Lipinski definition) is 0. The van der Waals surface area contributed by atoms with Gasteiger partial charge in [0.05, 0.1) is 6.67 Å². The zero-order chi connectivity index (χ0) is 16.3. The van der Waals surface area contributed by atoms with E-state index < -0.39 is 5.60 Å². The van der Waals surface area contributed by atoms with Gasteiger partial charge in [-0.15, -0.1) is 0 Å². The summed E-state index contributed by atoms with van der Waals surface area (Å²) in [6.45, 7) is 5.26. The van der Waals surface area contributed by atoms with Crippen molar-refractivity contribution >= 4 is 11.9 Å². The lowest BCUT2D eigenvalue weighted by atomic mass is 9.86. The third kappa shape index (κ3) is 4.20. The molecule has 2 unspecified atom stereocenters. The van der Waals surface area contributed by atoms with Crippen molar-refractivity contribution in [2.75, 3.05) is 6.67 Å². The van der Waals surface area contributed by atoms with Gasteiger partial charge in [-0.3, -0.25) is 9.18 Å². The van der Waals surface area contributed by atoms with E-state index in [0.717, 1.165) is 25.7 Å². The number of halogens is 1. The predicted molar refractivity (Wildman–Crippen MR) is 82.4 cm³/mol. The summed E-state index contributed by atoms with van der Waals surface area (Å²) in [5.74, 6) is 0.282. The third-order valence-corrected chi connectivity index (χ3v) is 4.60. The topological polar surface area (TPSA) is 46.6 Å². The molecule has 2 saturated heterocycles. The molecule has 0 saturated carbocycles. The van der Waals surface area contributed by atoms with Crippen LogP contribution in [0, 0.1) is 5.92 Å². The summed E-state index contributed by atoms with van der Waals surface area (Å²) in [6, 6.07) is 0.257. The lowest BCUT2D eigenvalue weighted by molar-refractivity contribution is -0.125. The van der Waals surface area contributed by atoms with Crippen molar-refractivity contribution in [2.45, 2.75) is 83.4 Å². The number of ketones is 1. The van der Waals surface area contributed by atoms with Gasteiger partial charge in [0, 0.05) is 24.4 Å². The average Bonchev–Trinajstić information content (AvgIpc) is 2.68. The number of Topliss-reactive ketones (excluding diaryl/α,β-unsaturated/α-hetero) is 1. The Hall–Kier alpha value is -1.13. The molecule has 0 N–H and O–H groups in total. The van der Waals surface area contributed by atoms with Crippen LogP contribution in [0.5, 0.6) is 0 Å². The molecule has 126 valence electrons. The van der Waals surface area contributed by atoms with Gasteiger partial charge in [0.1, 0.15) is 11.4 Å². The van der Waals surface area contributed by atoms with Crippen molar-refractivity contribution in [3.8, 4) is 0 Å². The molecular weight excluding hydrogens is 285 g/mol. The molecule has 0 spiro atoms. The molecule has 22 heavy (non-hydrogen) atoms. The fourth-order valence-electron chi connectivity index (χ4n) is 3.65. The van der Waals surface area contributed by atoms with Gasteiger partial charge in [-0.1, -0.05) is 0 Å². The number of carbonyl (C=O) groups is 2. The average molecular weight is 313 g/mol. The van der Waals surface area contributed by atoms with E-state index in [1.54, 1.807) is 0 Å². The Kier molecular flexibility index (Phi) is 5.45. The van der Waals surface area contributed by atoms with E-state index in [-0.39, 0.29) is 36.6 Å². The van der Waals surface area contributed by atoms with E-state index in [9.17, 15) is 14.0 Å². The SMILES string of the molecule is CC(C)(C)OC(=O)N1C2CCC1CC(C(=O)CCCCF)C2. The zero-order valence-electron chi connectivity index (χ0n) is 13.9. The number of rotatable bonds is 5. The number of carbonyl (C=O) groups excluding carboxylic acids is 2. The number of nitrogens with zero attached hydrogens (tertiary/aromatic N) is 1. The van der Waals surface area contributed by atoms with Gasteiger partial charge in [0.15, 0.2) is 0 Å². The van der Waals surface area contributed by atoms with E-state index in [2.05, 4.69) is 0 Å². The maximum atomic E-state index is 12.3. The molecule has 2 bridgehead atoms. The monoisotopic (exact) mass is 313 g/mol. The minimum Gasteiger partial charge on any atom is -0.444 e. The van der Waals surface area contributed by atoms with Crippen LogP contribution in [0.25, 0.3) is 0 Å². The lowest BCUT2D eigenvalue weighted by Gasteiger charge is -2.39. The van der Waals surface area contributed by atoms with E-state index in [1.807, 2.05) is 25.7 Å². The Morgan fingerprint density at radius 2 is 1.73 bits per heavy atom. The summed E-state index contributed by atoms with van der Waals surface area (Å²) < 4.78 is 17.6. The normalized spacial score (nSPS) is 27.8. The number of piperidine rings is 1. The van der Waals surface area contributed by atoms with Crippen molar-refractivity contribution in [1.82, 2.24) is 4.90 Å². The van der Waals surface area contributed by atoms with Gasteiger partial charge in [-0.05, 0) is 59.3 Å². The maximum Gasteiger partial charge on any atom is 0.410 e. The molecule has 4 nitrogen and oxygen atoms in total. The summed E-state index contributed by atoms with van der Waals surface area (Å²) in [6.07, 6.45) is 4.72. The number of alkyl halides is 1. The third-order valence-electron chi connectivity index (χ3n) is 4.60. The summed E-state index contributed by atoms with van der Waals surface area (Å²) in [5.41, 5.74) is -0.491. The van der Waals surface area contributed by atoms with Crippen molar-refractivity contribution < 1.29 is 18.7 Å². The van der Waals surface area contributed by atoms with Crippen molar-refractivity contribution in [2.24, 2.45) is 5.92 Å². The first-order valence-electron chi connectivity index (χ1n) is 8.42. The molecule has 2 fully saturated rings. The molecule has 2 aliphatic rings. The summed E-state index contributed by atoms with van der Waals surface area (Å²) in [5, 5.41) is 0. The molecule has 2 rings (SSSR count). The number of unbranched alkanes of at least 4 members (excludes halogenated alkanes) is 1. The number of amides is 1. The van der Waals surface area contributed by atoms with Crippen LogP contribution in [-0.4, -0.2) is 41.1 Å². The van der Waals surface area contributed by atoms with E-state index >= 15 is 0 Å². The Bertz CT molecular complexity index is 405. The first kappa shape index (κ1) is 17.2. The minimum absolute atomic E-state index is 0.0378. The Labute approximate surface area is 132 Å². The molecule has 0 aromatic heterocycles. The summed E-state index contributed by atoms with van der Waals surface area (Å²) in [4.78, 5) is 26.4. The van der Waals surface area contributed by atoms with Crippen molar-refractivity contribution in [3.63, 3.8) is 0 Å². The Morgan fingerprint density at radius 3 is 2.23 bits per heavy atom. The van der Waals surface area contributed by atoms with Crippen molar-refractivity contribution in [1.29, 1.82) is 0 Å². The second kappa shape index (κ2) is 6.97. The number of ether oxygens (including phenoxy) is 1. The Balaban J connectivity index is 1.91. The smallest absolute Gasteiger partial charge is 0.410 e. The van der Waals surface area contributed by atoms with Crippen LogP contribution in [-0.2, 0) is 9.53 Å². The van der Waals surface area contributed by atoms with E-state index in [4.69, 9.17) is 4.74 Å². The standard InChI is InChI=1S/C17H28FNO3/c1-17(2,3)22-16(21)19-13-7-8-14(19)11-12(10-13)15(20)6-4-5-9-18/h12-14H,4-11H2,1-3H3. The van der Waals surface area contributed by atoms with Crippen LogP contribution in [0.2, 0.25) is 0 Å². The summed E-state index contributed by atoms with van der Waals surface area (Å²) >= 11 is 0. The van der Waals surface area contributed by atoms with Gasteiger partial charge in [-0.25, -0.2) is 4.79 Å². The van der Waals surface area contributed by atoms with E-state index in [0.29, 0.717) is 19.3 Å². The van der Waals surface area contributed by atoms with Gasteiger partial charge in [0.2, 0.25) is 0 Å². The van der Waals surface area contributed by atoms with Crippen LogP contribution in [0.15, 0.2) is 0 Å². The van der Waals surface area contributed by atoms with Gasteiger partial charge in [0.25, 0.3) is 0 Å². The first-order valence-corrected chi connectivity index (χ1v) is 8.42. The molecule has 2 heterocycles. The predicted octanol–water partition coefficient (Wildman–Crippen LogP) is 3.87. The fourth-order valence-corrected chi connectivity index (χ4v) is 3.65. The second-order valence-corrected chi connectivity index (χ2v) is 7.55. The minimum atomic E-state index is -0.491. The molecule has 0 aromatic rings. The fraction of sp³-hybridized carbons (Fsp3) is 0.882. The lowest BCUT2D eigenvalue weighted by Crippen LogP contribution is -2.49. The molecule has 1 amide bonds. The van der Waals surface area contributed by atoms with Crippen LogP contribution in [0.1, 0.15) is 65.7 Å². The van der Waals surface area contributed by atoms with Crippen LogP contribution < -0.4 is 0 Å². The molecule has 0 aliphatic carbocycles. The van der Waals surface area contributed by atoms with Gasteiger partial charge < -0.3 is 9.64 Å². The highest BCUT2D eigenvalue weighted by atomic mass is 19.1. The maximum absolute atomic E-state index is 12.3. The van der Waals surface area contributed by atoms with Gasteiger partial charge >= 0.3 is 6.09 Å². The molecule has 2 atom stereocenters. The second-order valence-electron chi connectivity index (χ2n) is 7.55. The Morgan fingerprint density at radius 1 is 1.14 bits per heavy atom. The number of hydrogen-bond acceptors (Lipinski definition) is 3. The van der Waals surface area contributed by atoms with Crippen molar-refractivity contribution in [3.05, 3.63) is 0 Å². The molecule has 0 radical (unpaired) electrons. The molecule has 2 aliphatic heterocycles. The van der Waals surface area contributed by atoms with Crippen LogP contribution >= 0.6 is 0 Å². The molecule has 0 aromatic carbocycles. The highest BCUT2D eigenvalue weighted by Crippen LogP contribution is 2.40. The highest BCUT2D eigenvalue weighted by molar-refractivity contribution is 5.81. The molecule has 5 heteroatoms. The van der Waals surface area contributed by atoms with E-state index in [1.165, 1.54) is 0 Å². The highest BCUT2D eigenvalue weighted by Gasteiger charge is 2.46. The van der Waals surface area contributed by atoms with Crippen LogP contribution in [0.4, 0.5) is 9.18 Å². The number of fused-ring (bicyclic) bond motifs is 2. The zero-order valence-corrected chi connectivity index (χ0v) is 13.9. The molecular formula is C17H28FNO3.